The van der Waals surface area contributed by atoms with Crippen LogP contribution in [0, 0.1) is 11.3 Å². The van der Waals surface area contributed by atoms with Crippen LogP contribution < -0.4 is 5.73 Å². The zero-order valence-corrected chi connectivity index (χ0v) is 4.07. The average molecular weight is 108 g/mol. The summed E-state index contributed by atoms with van der Waals surface area (Å²) in [6, 6.07) is 1.77. The second-order valence-electron chi connectivity index (χ2n) is 1.47. The summed E-state index contributed by atoms with van der Waals surface area (Å²) in [5, 5.41) is 15.1. The standard InChI is InChI=1S/C4H4N4/c5-3-4(6)1-2-7-8-4/h1-2H,6H2. The Balaban J connectivity index is 2.89. The van der Waals surface area contributed by atoms with Crippen molar-refractivity contribution in [2.24, 2.45) is 16.0 Å². The summed E-state index contributed by atoms with van der Waals surface area (Å²) in [7, 11) is 0. The van der Waals surface area contributed by atoms with Gasteiger partial charge in [-0.05, 0) is 6.08 Å². The number of nitriles is 1. The van der Waals surface area contributed by atoms with Gasteiger partial charge in [0.1, 0.15) is 6.07 Å². The van der Waals surface area contributed by atoms with E-state index in [0.29, 0.717) is 0 Å². The van der Waals surface area contributed by atoms with Gasteiger partial charge in [0.15, 0.2) is 0 Å². The molecule has 0 spiro atoms. The SMILES string of the molecule is N#CC1(N)C=CN=N1. The highest BCUT2D eigenvalue weighted by Gasteiger charge is 2.21. The molecule has 4 nitrogen and oxygen atoms in total. The summed E-state index contributed by atoms with van der Waals surface area (Å²) in [6.45, 7) is 0. The highest BCUT2D eigenvalue weighted by Crippen LogP contribution is 2.09. The minimum atomic E-state index is -1.18. The number of nitrogens with zero attached hydrogens (tertiary/aromatic N) is 3. The molecule has 1 rings (SSSR count). The van der Waals surface area contributed by atoms with Crippen LogP contribution in [0.25, 0.3) is 0 Å². The molecule has 0 aromatic heterocycles. The molecule has 1 atom stereocenters. The van der Waals surface area contributed by atoms with E-state index in [1.807, 2.05) is 0 Å². The van der Waals surface area contributed by atoms with Gasteiger partial charge in [-0.1, -0.05) is 0 Å². The molecule has 8 heavy (non-hydrogen) atoms. The van der Waals surface area contributed by atoms with Crippen LogP contribution >= 0.6 is 0 Å². The van der Waals surface area contributed by atoms with E-state index in [1.54, 1.807) is 6.07 Å². The molecule has 2 N–H and O–H groups in total. The predicted octanol–water partition coefficient (Wildman–Crippen LogP) is 0.144. The second-order valence-corrected chi connectivity index (χ2v) is 1.47. The molecule has 40 valence electrons. The van der Waals surface area contributed by atoms with Gasteiger partial charge in [0, 0.05) is 0 Å². The van der Waals surface area contributed by atoms with E-state index in [0.717, 1.165) is 0 Å². The second kappa shape index (κ2) is 1.39. The minimum Gasteiger partial charge on any atom is -0.290 e. The van der Waals surface area contributed by atoms with E-state index in [9.17, 15) is 0 Å². The number of hydrogen-bond acceptors (Lipinski definition) is 4. The van der Waals surface area contributed by atoms with Crippen LogP contribution in [0.2, 0.25) is 0 Å². The molecule has 0 saturated heterocycles. The van der Waals surface area contributed by atoms with Crippen LogP contribution in [0.1, 0.15) is 0 Å². The Hall–Kier alpha value is -1.21. The first kappa shape index (κ1) is 4.94. The van der Waals surface area contributed by atoms with Gasteiger partial charge >= 0.3 is 0 Å². The van der Waals surface area contributed by atoms with Gasteiger partial charge in [-0.2, -0.15) is 10.4 Å². The largest absolute Gasteiger partial charge is 0.290 e. The van der Waals surface area contributed by atoms with E-state index in [4.69, 9.17) is 11.0 Å². The molecule has 1 aliphatic rings. The van der Waals surface area contributed by atoms with Crippen molar-refractivity contribution in [3.05, 3.63) is 12.3 Å². The molecule has 0 radical (unpaired) electrons. The van der Waals surface area contributed by atoms with Crippen molar-refractivity contribution in [1.82, 2.24) is 0 Å². The Kier molecular flexibility index (Phi) is 0.855. The molecule has 0 amide bonds. The quantitative estimate of drug-likeness (QED) is 0.479. The van der Waals surface area contributed by atoms with Crippen LogP contribution in [0.15, 0.2) is 22.5 Å². The Bertz CT molecular complexity index is 173. The van der Waals surface area contributed by atoms with Gasteiger partial charge in [-0.25, -0.2) is 0 Å². The lowest BCUT2D eigenvalue weighted by atomic mass is 10.2. The number of rotatable bonds is 0. The highest BCUT2D eigenvalue weighted by molar-refractivity contribution is 5.18. The van der Waals surface area contributed by atoms with Crippen molar-refractivity contribution in [1.29, 1.82) is 5.26 Å². The first-order chi connectivity index (χ1) is 3.77. The fourth-order valence-corrected chi connectivity index (χ4v) is 0.369. The van der Waals surface area contributed by atoms with Crippen molar-refractivity contribution in [3.63, 3.8) is 0 Å². The molecule has 1 heterocycles. The summed E-state index contributed by atoms with van der Waals surface area (Å²) >= 11 is 0. The fraction of sp³-hybridized carbons (Fsp3) is 0.250. The third-order valence-electron chi connectivity index (χ3n) is 0.798. The number of azo groups is 1. The summed E-state index contributed by atoms with van der Waals surface area (Å²) in [4.78, 5) is 0. The molecule has 0 fully saturated rings. The van der Waals surface area contributed by atoms with Gasteiger partial charge < -0.3 is 0 Å². The number of hydrogen-bond donors (Lipinski definition) is 1. The van der Waals surface area contributed by atoms with E-state index in [2.05, 4.69) is 10.2 Å². The smallest absolute Gasteiger partial charge is 0.236 e. The third-order valence-corrected chi connectivity index (χ3v) is 0.798. The molecular formula is C4H4N4. The Labute approximate surface area is 46.3 Å². The molecule has 1 aliphatic heterocycles. The Morgan fingerprint density at radius 3 is 2.75 bits per heavy atom. The van der Waals surface area contributed by atoms with E-state index in [-0.39, 0.29) is 0 Å². The maximum Gasteiger partial charge on any atom is 0.236 e. The van der Waals surface area contributed by atoms with E-state index >= 15 is 0 Å². The predicted molar refractivity (Wildman–Crippen MR) is 26.5 cm³/mol. The Morgan fingerprint density at radius 2 is 2.50 bits per heavy atom. The van der Waals surface area contributed by atoms with Gasteiger partial charge in [0.2, 0.25) is 5.66 Å². The van der Waals surface area contributed by atoms with Crippen LogP contribution in [0.4, 0.5) is 0 Å². The van der Waals surface area contributed by atoms with Crippen molar-refractivity contribution < 1.29 is 0 Å². The molecule has 0 aromatic carbocycles. The summed E-state index contributed by atoms with van der Waals surface area (Å²) in [5.74, 6) is 0. The van der Waals surface area contributed by atoms with Gasteiger partial charge in [-0.15, -0.1) is 5.11 Å². The molecular weight excluding hydrogens is 104 g/mol. The van der Waals surface area contributed by atoms with Crippen molar-refractivity contribution in [3.8, 4) is 6.07 Å². The molecule has 1 unspecified atom stereocenters. The van der Waals surface area contributed by atoms with Gasteiger partial charge in [0.05, 0.1) is 6.20 Å². The van der Waals surface area contributed by atoms with Crippen molar-refractivity contribution in [2.45, 2.75) is 5.66 Å². The lowest BCUT2D eigenvalue weighted by molar-refractivity contribution is 0.697. The molecule has 0 aromatic rings. The maximum absolute atomic E-state index is 8.25. The maximum atomic E-state index is 8.25. The van der Waals surface area contributed by atoms with Crippen LogP contribution in [0.5, 0.6) is 0 Å². The van der Waals surface area contributed by atoms with Crippen LogP contribution in [-0.2, 0) is 0 Å². The van der Waals surface area contributed by atoms with Crippen LogP contribution in [-0.4, -0.2) is 5.66 Å². The monoisotopic (exact) mass is 108 g/mol. The molecule has 0 aliphatic carbocycles. The molecule has 0 saturated carbocycles. The molecule has 0 bridgehead atoms. The topological polar surface area (TPSA) is 74.5 Å². The summed E-state index contributed by atoms with van der Waals surface area (Å²) in [6.07, 6.45) is 2.84. The zero-order valence-electron chi connectivity index (χ0n) is 4.07. The summed E-state index contributed by atoms with van der Waals surface area (Å²) in [5.41, 5.74) is 4.07. The third kappa shape index (κ3) is 0.591. The van der Waals surface area contributed by atoms with Crippen LogP contribution in [0.3, 0.4) is 0 Å². The van der Waals surface area contributed by atoms with Gasteiger partial charge in [-0.3, -0.25) is 5.73 Å². The minimum absolute atomic E-state index is 1.18. The fourth-order valence-electron chi connectivity index (χ4n) is 0.369. The van der Waals surface area contributed by atoms with E-state index in [1.165, 1.54) is 12.3 Å². The lowest BCUT2D eigenvalue weighted by Gasteiger charge is -2.00. The first-order valence-electron chi connectivity index (χ1n) is 2.07. The van der Waals surface area contributed by atoms with Crippen molar-refractivity contribution in [2.75, 3.05) is 0 Å². The van der Waals surface area contributed by atoms with E-state index < -0.39 is 5.66 Å². The lowest BCUT2D eigenvalue weighted by Crippen LogP contribution is -2.30. The normalized spacial score (nSPS) is 33.0. The summed E-state index contributed by atoms with van der Waals surface area (Å²) < 4.78 is 0. The Morgan fingerprint density at radius 1 is 1.75 bits per heavy atom. The average Bonchev–Trinajstić information content (AvgIpc) is 2.17. The first-order valence-corrected chi connectivity index (χ1v) is 2.07. The van der Waals surface area contributed by atoms with Crippen molar-refractivity contribution >= 4 is 0 Å². The van der Waals surface area contributed by atoms with Gasteiger partial charge in [0.25, 0.3) is 0 Å². The zero-order chi connectivity index (χ0) is 6.04. The number of nitrogens with two attached hydrogens (primary N) is 1. The molecule has 4 heteroatoms. The highest BCUT2D eigenvalue weighted by atomic mass is 15.2.